The Balaban J connectivity index is 1.66. The number of nitrogens with two attached hydrogens (primary N) is 1. The van der Waals surface area contributed by atoms with E-state index >= 15 is 0 Å². The quantitative estimate of drug-likeness (QED) is 0.826. The molecule has 1 aromatic rings. The van der Waals surface area contributed by atoms with Gasteiger partial charge in [-0.05, 0) is 43.2 Å². The van der Waals surface area contributed by atoms with Crippen LogP contribution in [-0.2, 0) is 10.2 Å². The summed E-state index contributed by atoms with van der Waals surface area (Å²) in [5.41, 5.74) is 6.86. The lowest BCUT2D eigenvalue weighted by atomic mass is 9.94. The molecule has 0 aliphatic heterocycles. The summed E-state index contributed by atoms with van der Waals surface area (Å²) in [7, 11) is 0. The number of benzene rings is 1. The van der Waals surface area contributed by atoms with Crippen LogP contribution in [-0.4, -0.2) is 19.0 Å². The van der Waals surface area contributed by atoms with Gasteiger partial charge in [0.2, 0.25) is 5.91 Å². The summed E-state index contributed by atoms with van der Waals surface area (Å²) >= 11 is 0. The maximum Gasteiger partial charge on any atom is 0.230 e. The van der Waals surface area contributed by atoms with Gasteiger partial charge in [0.25, 0.3) is 0 Å². The minimum Gasteiger partial charge on any atom is -0.355 e. The lowest BCUT2D eigenvalue weighted by Crippen LogP contribution is -2.40. The van der Waals surface area contributed by atoms with Gasteiger partial charge in [0.15, 0.2) is 0 Å². The average Bonchev–Trinajstić information content (AvgIpc) is 3.31. The highest BCUT2D eigenvalue weighted by molar-refractivity contribution is 5.91. The molecule has 18 heavy (non-hydrogen) atoms. The van der Waals surface area contributed by atoms with E-state index in [1.165, 1.54) is 0 Å². The van der Waals surface area contributed by atoms with Crippen LogP contribution >= 0.6 is 0 Å². The SMILES string of the molecule is NCC1(CNC(=O)C2(c3ccccc3)CC2)CC1. The summed E-state index contributed by atoms with van der Waals surface area (Å²) in [6.45, 7) is 1.43. The summed E-state index contributed by atoms with van der Waals surface area (Å²) in [5.74, 6) is 0.188. The third-order valence-corrected chi connectivity index (χ3v) is 4.53. The van der Waals surface area contributed by atoms with E-state index in [9.17, 15) is 4.79 Å². The van der Waals surface area contributed by atoms with Gasteiger partial charge >= 0.3 is 0 Å². The second-order valence-corrected chi connectivity index (χ2v) is 5.83. The van der Waals surface area contributed by atoms with E-state index in [1.807, 2.05) is 18.2 Å². The van der Waals surface area contributed by atoms with E-state index in [0.29, 0.717) is 6.54 Å². The van der Waals surface area contributed by atoms with Gasteiger partial charge in [-0.15, -0.1) is 0 Å². The number of nitrogens with one attached hydrogen (secondary N) is 1. The van der Waals surface area contributed by atoms with Crippen LogP contribution in [0, 0.1) is 5.41 Å². The van der Waals surface area contributed by atoms with Gasteiger partial charge in [0, 0.05) is 6.54 Å². The molecule has 2 fully saturated rings. The number of hydrogen-bond acceptors (Lipinski definition) is 2. The third-order valence-electron chi connectivity index (χ3n) is 4.53. The molecule has 0 radical (unpaired) electrons. The summed E-state index contributed by atoms with van der Waals surface area (Å²) in [6, 6.07) is 10.1. The van der Waals surface area contributed by atoms with Crippen molar-refractivity contribution >= 4 is 5.91 Å². The van der Waals surface area contributed by atoms with Crippen LogP contribution in [0.25, 0.3) is 0 Å². The van der Waals surface area contributed by atoms with Crippen molar-refractivity contribution in [2.75, 3.05) is 13.1 Å². The van der Waals surface area contributed by atoms with Crippen LogP contribution in [0.1, 0.15) is 31.2 Å². The Morgan fingerprint density at radius 1 is 1.17 bits per heavy atom. The lowest BCUT2D eigenvalue weighted by Gasteiger charge is -2.19. The van der Waals surface area contributed by atoms with Crippen LogP contribution in [0.3, 0.4) is 0 Å². The largest absolute Gasteiger partial charge is 0.355 e. The predicted octanol–water partition coefficient (Wildman–Crippen LogP) is 1.57. The van der Waals surface area contributed by atoms with Gasteiger partial charge in [-0.2, -0.15) is 0 Å². The first-order chi connectivity index (χ1) is 8.71. The van der Waals surface area contributed by atoms with E-state index in [1.54, 1.807) is 0 Å². The minimum atomic E-state index is -0.244. The molecular weight excluding hydrogens is 224 g/mol. The Labute approximate surface area is 108 Å². The molecule has 0 heterocycles. The fourth-order valence-corrected chi connectivity index (χ4v) is 2.60. The van der Waals surface area contributed by atoms with E-state index in [0.717, 1.165) is 37.8 Å². The molecule has 2 saturated carbocycles. The van der Waals surface area contributed by atoms with Gasteiger partial charge in [-0.25, -0.2) is 0 Å². The zero-order chi connectivity index (χ0) is 12.6. The molecule has 3 heteroatoms. The topological polar surface area (TPSA) is 55.1 Å². The normalized spacial score (nSPS) is 22.3. The molecule has 3 nitrogen and oxygen atoms in total. The molecule has 1 aromatic carbocycles. The van der Waals surface area contributed by atoms with Crippen LogP contribution < -0.4 is 11.1 Å². The van der Waals surface area contributed by atoms with E-state index in [2.05, 4.69) is 17.4 Å². The van der Waals surface area contributed by atoms with Crippen molar-refractivity contribution in [2.24, 2.45) is 11.1 Å². The third kappa shape index (κ3) is 1.93. The molecule has 3 rings (SSSR count). The molecule has 0 unspecified atom stereocenters. The van der Waals surface area contributed by atoms with Crippen molar-refractivity contribution in [3.63, 3.8) is 0 Å². The maximum atomic E-state index is 12.4. The Morgan fingerprint density at radius 2 is 1.83 bits per heavy atom. The Bertz CT molecular complexity index is 447. The zero-order valence-corrected chi connectivity index (χ0v) is 10.6. The smallest absolute Gasteiger partial charge is 0.230 e. The fourth-order valence-electron chi connectivity index (χ4n) is 2.60. The maximum absolute atomic E-state index is 12.4. The van der Waals surface area contributed by atoms with E-state index in [4.69, 9.17) is 5.73 Å². The number of hydrogen-bond donors (Lipinski definition) is 2. The van der Waals surface area contributed by atoms with Gasteiger partial charge in [-0.3, -0.25) is 4.79 Å². The zero-order valence-electron chi connectivity index (χ0n) is 10.6. The van der Waals surface area contributed by atoms with Crippen molar-refractivity contribution < 1.29 is 4.79 Å². The number of carbonyl (C=O) groups is 1. The van der Waals surface area contributed by atoms with Crippen LogP contribution in [0.4, 0.5) is 0 Å². The van der Waals surface area contributed by atoms with Crippen molar-refractivity contribution in [1.82, 2.24) is 5.32 Å². The summed E-state index contributed by atoms with van der Waals surface area (Å²) in [5, 5.41) is 3.12. The fraction of sp³-hybridized carbons (Fsp3) is 0.533. The molecule has 1 amide bonds. The molecule has 0 bridgehead atoms. The summed E-state index contributed by atoms with van der Waals surface area (Å²) in [6.07, 6.45) is 4.25. The molecule has 2 aliphatic carbocycles. The second-order valence-electron chi connectivity index (χ2n) is 5.83. The Kier molecular flexibility index (Phi) is 2.67. The molecular formula is C15H20N2O. The van der Waals surface area contributed by atoms with Crippen LogP contribution in [0.2, 0.25) is 0 Å². The molecule has 0 spiro atoms. The van der Waals surface area contributed by atoms with Crippen LogP contribution in [0.15, 0.2) is 30.3 Å². The second kappa shape index (κ2) is 4.09. The highest BCUT2D eigenvalue weighted by atomic mass is 16.2. The van der Waals surface area contributed by atoms with Gasteiger partial charge in [-0.1, -0.05) is 30.3 Å². The monoisotopic (exact) mass is 244 g/mol. The van der Waals surface area contributed by atoms with Gasteiger partial charge < -0.3 is 11.1 Å². The van der Waals surface area contributed by atoms with Gasteiger partial charge in [0.1, 0.15) is 0 Å². The van der Waals surface area contributed by atoms with E-state index < -0.39 is 0 Å². The van der Waals surface area contributed by atoms with Gasteiger partial charge in [0.05, 0.1) is 5.41 Å². The minimum absolute atomic E-state index is 0.188. The van der Waals surface area contributed by atoms with Crippen molar-refractivity contribution in [3.8, 4) is 0 Å². The number of rotatable bonds is 5. The first-order valence-electron chi connectivity index (χ1n) is 6.75. The molecule has 2 aliphatic rings. The van der Waals surface area contributed by atoms with Crippen molar-refractivity contribution in [3.05, 3.63) is 35.9 Å². The first kappa shape index (κ1) is 11.7. The summed E-state index contributed by atoms with van der Waals surface area (Å²) in [4.78, 5) is 12.4. The van der Waals surface area contributed by atoms with Crippen molar-refractivity contribution in [2.45, 2.75) is 31.1 Å². The molecule has 3 N–H and O–H groups in total. The van der Waals surface area contributed by atoms with Crippen molar-refractivity contribution in [1.29, 1.82) is 0 Å². The lowest BCUT2D eigenvalue weighted by molar-refractivity contribution is -0.123. The van der Waals surface area contributed by atoms with Crippen LogP contribution in [0.5, 0.6) is 0 Å². The molecule has 96 valence electrons. The standard InChI is InChI=1S/C15H20N2O/c16-10-14(6-7-14)11-17-13(18)15(8-9-15)12-4-2-1-3-5-12/h1-5H,6-11,16H2,(H,17,18). The highest BCUT2D eigenvalue weighted by Gasteiger charge is 2.52. The van der Waals surface area contributed by atoms with E-state index in [-0.39, 0.29) is 16.7 Å². The molecule has 0 saturated heterocycles. The highest BCUT2D eigenvalue weighted by Crippen LogP contribution is 2.49. The Hall–Kier alpha value is -1.35. The first-order valence-corrected chi connectivity index (χ1v) is 6.75. The Morgan fingerprint density at radius 3 is 2.33 bits per heavy atom. The predicted molar refractivity (Wildman–Crippen MR) is 71.1 cm³/mol. The molecule has 0 aromatic heterocycles. The average molecular weight is 244 g/mol. The molecule has 0 atom stereocenters. The number of carbonyl (C=O) groups excluding carboxylic acids is 1. The number of amides is 1. The summed E-state index contributed by atoms with van der Waals surface area (Å²) < 4.78 is 0.